The summed E-state index contributed by atoms with van der Waals surface area (Å²) in [4.78, 5) is 0. The first kappa shape index (κ1) is 13.9. The van der Waals surface area contributed by atoms with E-state index in [2.05, 4.69) is 13.0 Å². The largest absolute Gasteiger partial charge is 0.355 e. The number of halogens is 1. The maximum absolute atomic E-state index is 5.60. The summed E-state index contributed by atoms with van der Waals surface area (Å²) in [5, 5.41) is 3.46. The van der Waals surface area contributed by atoms with E-state index in [1.165, 1.54) is 36.1 Å². The lowest BCUT2D eigenvalue weighted by Gasteiger charge is -2.21. The Balaban J connectivity index is 0.000000146. The third-order valence-electron chi connectivity index (χ3n) is 3.37. The normalized spacial score (nSPS) is 17.0. The maximum Gasteiger partial charge on any atom is 0.146 e. The fourth-order valence-electron chi connectivity index (χ4n) is 2.13. The van der Waals surface area contributed by atoms with E-state index >= 15 is 0 Å². The van der Waals surface area contributed by atoms with Gasteiger partial charge in [-0.1, -0.05) is 49.9 Å². The molecule has 0 N–H and O–H groups in total. The van der Waals surface area contributed by atoms with E-state index in [1.807, 2.05) is 12.1 Å². The van der Waals surface area contributed by atoms with Gasteiger partial charge in [0, 0.05) is 16.2 Å². The standard InChI is InChI=1S/C9H18O2.C6H3Cl/c1-2-3-4-5-9-6-10-8-11-7-9;7-6-3-4-1-2-5(4)6/h9H,2-8H2,1H3;1-3H. The lowest BCUT2D eigenvalue weighted by Crippen LogP contribution is -2.23. The summed E-state index contributed by atoms with van der Waals surface area (Å²) in [6.07, 6.45) is 5.24. The minimum atomic E-state index is 0.504. The number of hydrogen-bond acceptors (Lipinski definition) is 2. The van der Waals surface area contributed by atoms with Crippen LogP contribution in [0.3, 0.4) is 0 Å². The SMILES string of the molecule is CCCCCC1COCOC1.Clc1cc2ccc1=2. The van der Waals surface area contributed by atoms with Gasteiger partial charge in [0.1, 0.15) is 6.79 Å². The van der Waals surface area contributed by atoms with Crippen LogP contribution < -0.4 is 0 Å². The van der Waals surface area contributed by atoms with Gasteiger partial charge in [0.05, 0.1) is 13.2 Å². The second-order valence-corrected chi connectivity index (χ2v) is 5.32. The average Bonchev–Trinajstić information content (AvgIpc) is 2.38. The molecule has 0 radical (unpaired) electrons. The summed E-state index contributed by atoms with van der Waals surface area (Å²) in [7, 11) is 0. The zero-order valence-electron chi connectivity index (χ0n) is 11.0. The molecule has 0 saturated carbocycles. The molecule has 2 nitrogen and oxygen atoms in total. The van der Waals surface area contributed by atoms with Gasteiger partial charge >= 0.3 is 0 Å². The van der Waals surface area contributed by atoms with E-state index in [4.69, 9.17) is 21.1 Å². The molecule has 0 spiro atoms. The Morgan fingerprint density at radius 1 is 1.22 bits per heavy atom. The molecule has 18 heavy (non-hydrogen) atoms. The van der Waals surface area contributed by atoms with E-state index in [0.29, 0.717) is 12.7 Å². The molecule has 0 aromatic heterocycles. The first-order valence-corrected chi connectivity index (χ1v) is 7.14. The van der Waals surface area contributed by atoms with Crippen molar-refractivity contribution in [3.63, 3.8) is 0 Å². The van der Waals surface area contributed by atoms with Crippen molar-refractivity contribution in [3.8, 4) is 0 Å². The minimum Gasteiger partial charge on any atom is -0.355 e. The van der Waals surface area contributed by atoms with Crippen LogP contribution in [-0.2, 0) is 9.47 Å². The van der Waals surface area contributed by atoms with Gasteiger partial charge in [-0.2, -0.15) is 0 Å². The lowest BCUT2D eigenvalue weighted by atomic mass is 10.0. The predicted octanol–water partition coefficient (Wildman–Crippen LogP) is 4.13. The Hall–Kier alpha value is -0.570. The fraction of sp³-hybridized carbons (Fsp3) is 0.600. The Morgan fingerprint density at radius 3 is 2.39 bits per heavy atom. The van der Waals surface area contributed by atoms with E-state index in [9.17, 15) is 0 Å². The summed E-state index contributed by atoms with van der Waals surface area (Å²) >= 11 is 5.60. The Kier molecular flexibility index (Phi) is 5.48. The zero-order valence-corrected chi connectivity index (χ0v) is 11.7. The molecule has 0 aromatic carbocycles. The topological polar surface area (TPSA) is 18.5 Å². The van der Waals surface area contributed by atoms with Gasteiger partial charge in [-0.15, -0.1) is 0 Å². The predicted molar refractivity (Wildman–Crippen MR) is 73.5 cm³/mol. The van der Waals surface area contributed by atoms with Gasteiger partial charge < -0.3 is 9.47 Å². The van der Waals surface area contributed by atoms with Crippen molar-refractivity contribution in [1.82, 2.24) is 0 Å². The van der Waals surface area contributed by atoms with Crippen LogP contribution in [0.15, 0.2) is 18.2 Å². The quantitative estimate of drug-likeness (QED) is 0.777. The third-order valence-corrected chi connectivity index (χ3v) is 3.68. The molecule has 1 aliphatic heterocycles. The average molecular weight is 269 g/mol. The van der Waals surface area contributed by atoms with Crippen LogP contribution >= 0.6 is 11.6 Å². The van der Waals surface area contributed by atoms with Crippen molar-refractivity contribution < 1.29 is 9.47 Å². The third kappa shape index (κ3) is 3.71. The van der Waals surface area contributed by atoms with Gasteiger partial charge in [-0.25, -0.2) is 0 Å². The molecule has 3 rings (SSSR count). The summed E-state index contributed by atoms with van der Waals surface area (Å²) in [5.41, 5.74) is 0. The van der Waals surface area contributed by atoms with Gasteiger partial charge in [-0.05, 0) is 17.7 Å². The molecule has 1 heterocycles. The molecule has 100 valence electrons. The van der Waals surface area contributed by atoms with Crippen molar-refractivity contribution in [3.05, 3.63) is 33.7 Å². The molecule has 1 saturated heterocycles. The van der Waals surface area contributed by atoms with Crippen molar-refractivity contribution in [2.45, 2.75) is 32.6 Å². The van der Waals surface area contributed by atoms with E-state index in [0.717, 1.165) is 18.2 Å². The molecule has 0 amide bonds. The molecule has 0 bridgehead atoms. The maximum atomic E-state index is 5.60. The van der Waals surface area contributed by atoms with Crippen LogP contribution in [0.4, 0.5) is 0 Å². The highest BCUT2D eigenvalue weighted by Crippen LogP contribution is 2.20. The fourth-order valence-corrected chi connectivity index (χ4v) is 2.42. The Labute approximate surface area is 114 Å². The smallest absolute Gasteiger partial charge is 0.146 e. The molecular weight excluding hydrogens is 248 g/mol. The Morgan fingerprint density at radius 2 is 2.00 bits per heavy atom. The van der Waals surface area contributed by atoms with Crippen LogP contribution in [0.5, 0.6) is 0 Å². The number of unbranched alkanes of at least 4 members (excludes halogenated alkanes) is 2. The van der Waals surface area contributed by atoms with Crippen LogP contribution in [0.1, 0.15) is 32.6 Å². The van der Waals surface area contributed by atoms with E-state index < -0.39 is 0 Å². The van der Waals surface area contributed by atoms with Gasteiger partial charge in [0.15, 0.2) is 0 Å². The van der Waals surface area contributed by atoms with Crippen LogP contribution in [0.25, 0.3) is 0 Å². The highest BCUT2D eigenvalue weighted by molar-refractivity contribution is 6.31. The van der Waals surface area contributed by atoms with Crippen LogP contribution in [0.2, 0.25) is 5.02 Å². The Bertz CT molecular complexity index is 452. The van der Waals surface area contributed by atoms with E-state index in [1.54, 1.807) is 0 Å². The van der Waals surface area contributed by atoms with Crippen molar-refractivity contribution in [2.75, 3.05) is 20.0 Å². The highest BCUT2D eigenvalue weighted by Gasteiger charge is 2.12. The number of ether oxygens (including phenoxy) is 2. The molecule has 0 aromatic rings. The van der Waals surface area contributed by atoms with Gasteiger partial charge in [-0.3, -0.25) is 0 Å². The molecule has 3 heteroatoms. The summed E-state index contributed by atoms with van der Waals surface area (Å²) in [6, 6.07) is 6.05. The summed E-state index contributed by atoms with van der Waals surface area (Å²) < 4.78 is 10.4. The van der Waals surface area contributed by atoms with Crippen LogP contribution in [0, 0.1) is 16.4 Å². The second kappa shape index (κ2) is 7.13. The minimum absolute atomic E-state index is 0.504. The van der Waals surface area contributed by atoms with Crippen molar-refractivity contribution in [1.29, 1.82) is 0 Å². The molecule has 3 aliphatic rings. The van der Waals surface area contributed by atoms with E-state index in [-0.39, 0.29) is 0 Å². The van der Waals surface area contributed by atoms with Crippen molar-refractivity contribution in [2.24, 2.45) is 5.92 Å². The molecular formula is C15H21ClO2. The number of benzene rings is 1. The second-order valence-electron chi connectivity index (χ2n) is 4.92. The number of hydrogen-bond donors (Lipinski definition) is 0. The van der Waals surface area contributed by atoms with Gasteiger partial charge in [0.2, 0.25) is 0 Å². The monoisotopic (exact) mass is 268 g/mol. The lowest BCUT2D eigenvalue weighted by molar-refractivity contribution is -0.127. The summed E-state index contributed by atoms with van der Waals surface area (Å²) in [6.45, 7) is 4.55. The highest BCUT2D eigenvalue weighted by atomic mass is 35.5. The van der Waals surface area contributed by atoms with Gasteiger partial charge in [0.25, 0.3) is 0 Å². The molecule has 2 aliphatic carbocycles. The first-order valence-electron chi connectivity index (χ1n) is 6.76. The van der Waals surface area contributed by atoms with Crippen molar-refractivity contribution >= 4 is 11.6 Å². The zero-order chi connectivity index (χ0) is 12.8. The van der Waals surface area contributed by atoms with Crippen LogP contribution in [-0.4, -0.2) is 20.0 Å². The number of rotatable bonds is 4. The first-order chi connectivity index (χ1) is 8.81. The molecule has 0 unspecified atom stereocenters. The summed E-state index contributed by atoms with van der Waals surface area (Å²) in [5.74, 6) is 0.662. The molecule has 0 atom stereocenters. The molecule has 1 fully saturated rings.